The van der Waals surface area contributed by atoms with Gasteiger partial charge in [0.1, 0.15) is 11.5 Å². The molecule has 0 saturated carbocycles. The van der Waals surface area contributed by atoms with Crippen molar-refractivity contribution in [2.75, 3.05) is 0 Å². The van der Waals surface area contributed by atoms with Gasteiger partial charge < -0.3 is 4.74 Å². The molecule has 12 heteroatoms. The van der Waals surface area contributed by atoms with Crippen LogP contribution in [0.25, 0.3) is 0 Å². The minimum Gasteiger partial charge on any atom is -0.463 e. The molecule has 3 atom stereocenters. The second kappa shape index (κ2) is 8.64. The van der Waals surface area contributed by atoms with Crippen molar-refractivity contribution >= 4 is 16.3 Å². The Hall–Kier alpha value is -2.60. The van der Waals surface area contributed by atoms with E-state index in [2.05, 4.69) is 5.32 Å². The van der Waals surface area contributed by atoms with Gasteiger partial charge in [0.05, 0.1) is 21.6 Å². The third kappa shape index (κ3) is 4.72. The number of halogens is 6. The number of hydrogen-bond donors (Lipinski definition) is 1. The highest BCUT2D eigenvalue weighted by Gasteiger charge is 2.51. The molecule has 0 aromatic heterocycles. The Morgan fingerprint density at radius 3 is 2.33 bits per heavy atom. The first-order valence-corrected chi connectivity index (χ1v) is 11.2. The minimum atomic E-state index is -4.94. The average molecular weight is 495 g/mol. The van der Waals surface area contributed by atoms with Gasteiger partial charge in [-0.1, -0.05) is 24.3 Å². The molecule has 0 aliphatic carbocycles. The lowest BCUT2D eigenvalue weighted by atomic mass is 9.83. The normalized spacial score (nSPS) is 22.7. The molecule has 0 bridgehead atoms. The second-order valence-corrected chi connectivity index (χ2v) is 9.73. The van der Waals surface area contributed by atoms with E-state index in [1.165, 1.54) is 13.0 Å². The Labute approximate surface area is 185 Å². The molecule has 2 aromatic carbocycles. The van der Waals surface area contributed by atoms with Crippen molar-refractivity contribution in [1.29, 1.82) is 0 Å². The number of hydrogen-bond acceptors (Lipinski definition) is 5. The molecule has 3 unspecified atom stereocenters. The summed E-state index contributed by atoms with van der Waals surface area (Å²) >= 11 is 0. The Morgan fingerprint density at radius 2 is 1.73 bits per heavy atom. The lowest BCUT2D eigenvalue weighted by Crippen LogP contribution is -2.51. The summed E-state index contributed by atoms with van der Waals surface area (Å²) in [7, 11) is -4.62. The van der Waals surface area contributed by atoms with Crippen molar-refractivity contribution in [3.63, 3.8) is 0 Å². The number of ether oxygens (including phenoxy) is 1. The van der Waals surface area contributed by atoms with E-state index in [1.54, 1.807) is 0 Å². The van der Waals surface area contributed by atoms with Crippen LogP contribution in [0.15, 0.2) is 53.4 Å². The van der Waals surface area contributed by atoms with Crippen molar-refractivity contribution in [2.45, 2.75) is 54.0 Å². The van der Waals surface area contributed by atoms with E-state index in [9.17, 15) is 39.6 Å². The highest BCUT2D eigenvalue weighted by Crippen LogP contribution is 2.43. The van der Waals surface area contributed by atoms with Crippen LogP contribution < -0.4 is 5.32 Å². The number of sulfone groups is 1. The maximum Gasteiger partial charge on any atom is 0.417 e. The standard InChI is InChI=1S/C21H19F6NO4S/c1-13(32-12-29)19(14-5-4-6-15(11-14)20(22,23)24)10-9-18(28-19)33(30,31)17-8-3-2-7-16(17)21(25,26)27/h2-8,11-13,18,28H,9-10H2,1H3. The minimum absolute atomic E-state index is 0.00604. The van der Waals surface area contributed by atoms with Crippen LogP contribution >= 0.6 is 0 Å². The van der Waals surface area contributed by atoms with E-state index in [0.717, 1.165) is 36.4 Å². The van der Waals surface area contributed by atoms with Crippen LogP contribution in [0.3, 0.4) is 0 Å². The second-order valence-electron chi connectivity index (χ2n) is 7.64. The molecule has 2 aromatic rings. The van der Waals surface area contributed by atoms with E-state index in [0.29, 0.717) is 6.07 Å². The van der Waals surface area contributed by atoms with Gasteiger partial charge in [0.15, 0.2) is 9.84 Å². The van der Waals surface area contributed by atoms with Gasteiger partial charge in [-0.25, -0.2) is 8.42 Å². The van der Waals surface area contributed by atoms with Gasteiger partial charge in [-0.05, 0) is 49.6 Å². The van der Waals surface area contributed by atoms with Gasteiger partial charge in [-0.2, -0.15) is 26.3 Å². The lowest BCUT2D eigenvalue weighted by molar-refractivity contribution is -0.140. The summed E-state index contributed by atoms with van der Waals surface area (Å²) in [6.45, 7) is 1.43. The summed E-state index contributed by atoms with van der Waals surface area (Å²) < 4.78 is 111. The van der Waals surface area contributed by atoms with Crippen molar-refractivity contribution < 1.29 is 44.3 Å². The largest absolute Gasteiger partial charge is 0.463 e. The summed E-state index contributed by atoms with van der Waals surface area (Å²) in [5.41, 5.74) is -3.94. The van der Waals surface area contributed by atoms with E-state index >= 15 is 0 Å². The molecule has 33 heavy (non-hydrogen) atoms. The quantitative estimate of drug-likeness (QED) is 0.466. The van der Waals surface area contributed by atoms with Gasteiger partial charge in [0, 0.05) is 0 Å². The molecular weight excluding hydrogens is 476 g/mol. The molecule has 5 nitrogen and oxygen atoms in total. The molecule has 0 spiro atoms. The number of alkyl halides is 6. The molecule has 0 amide bonds. The summed E-state index contributed by atoms with van der Waals surface area (Å²) in [5, 5.41) is 1.13. The highest BCUT2D eigenvalue weighted by molar-refractivity contribution is 7.92. The van der Waals surface area contributed by atoms with Crippen molar-refractivity contribution in [3.05, 3.63) is 65.2 Å². The Morgan fingerprint density at radius 1 is 1.06 bits per heavy atom. The zero-order chi connectivity index (χ0) is 24.7. The average Bonchev–Trinajstić information content (AvgIpc) is 3.21. The first-order valence-electron chi connectivity index (χ1n) is 9.68. The molecule has 1 heterocycles. The van der Waals surface area contributed by atoms with Crippen molar-refractivity contribution in [3.8, 4) is 0 Å². The highest BCUT2D eigenvalue weighted by atomic mass is 32.2. The van der Waals surface area contributed by atoms with Gasteiger partial charge in [-0.3, -0.25) is 10.1 Å². The summed E-state index contributed by atoms with van der Waals surface area (Å²) in [6.07, 6.45) is -11.1. The SMILES string of the molecule is CC(OC=O)C1(c2cccc(C(F)(F)F)c2)CCC(S(=O)(=O)c2ccccc2C(F)(F)F)N1. The van der Waals surface area contributed by atoms with Crippen LogP contribution in [0.2, 0.25) is 0 Å². The molecule has 1 fully saturated rings. The number of rotatable bonds is 6. The van der Waals surface area contributed by atoms with Crippen LogP contribution in [0.5, 0.6) is 0 Å². The zero-order valence-corrected chi connectivity index (χ0v) is 17.9. The van der Waals surface area contributed by atoms with Gasteiger partial charge in [0.2, 0.25) is 0 Å². The van der Waals surface area contributed by atoms with E-state index in [4.69, 9.17) is 4.74 Å². The third-order valence-electron chi connectivity index (χ3n) is 5.75. The zero-order valence-electron chi connectivity index (χ0n) is 17.1. The molecule has 1 saturated heterocycles. The van der Waals surface area contributed by atoms with Gasteiger partial charge in [-0.15, -0.1) is 0 Å². The summed E-state index contributed by atoms with van der Waals surface area (Å²) in [5.74, 6) is 0. The summed E-state index contributed by atoms with van der Waals surface area (Å²) in [6, 6.07) is 7.73. The van der Waals surface area contributed by atoms with Crippen molar-refractivity contribution in [1.82, 2.24) is 5.32 Å². The van der Waals surface area contributed by atoms with Crippen LogP contribution in [-0.4, -0.2) is 26.4 Å². The summed E-state index contributed by atoms with van der Waals surface area (Å²) in [4.78, 5) is 10.0. The lowest BCUT2D eigenvalue weighted by Gasteiger charge is -2.36. The maximum absolute atomic E-state index is 13.4. The predicted octanol–water partition coefficient (Wildman–Crippen LogP) is 4.66. The van der Waals surface area contributed by atoms with Crippen LogP contribution in [0.4, 0.5) is 26.3 Å². The van der Waals surface area contributed by atoms with Gasteiger partial charge in [0.25, 0.3) is 6.47 Å². The molecule has 0 radical (unpaired) electrons. The molecular formula is C21H19F6NO4S. The van der Waals surface area contributed by atoms with Crippen LogP contribution in [0, 0.1) is 0 Å². The molecule has 3 rings (SSSR count). The topological polar surface area (TPSA) is 72.5 Å². The predicted molar refractivity (Wildman–Crippen MR) is 105 cm³/mol. The first kappa shape index (κ1) is 25.0. The fraction of sp³-hybridized carbons (Fsp3) is 0.381. The molecule has 1 aliphatic rings. The smallest absolute Gasteiger partial charge is 0.417 e. The number of benzene rings is 2. The third-order valence-corrected chi connectivity index (χ3v) is 7.82. The van der Waals surface area contributed by atoms with Crippen LogP contribution in [-0.2, 0) is 37.3 Å². The fourth-order valence-electron chi connectivity index (χ4n) is 4.08. The van der Waals surface area contributed by atoms with E-state index in [1.807, 2.05) is 0 Å². The molecule has 1 aliphatic heterocycles. The Kier molecular flexibility index (Phi) is 6.55. The maximum atomic E-state index is 13.4. The first-order chi connectivity index (χ1) is 15.2. The van der Waals surface area contributed by atoms with Crippen molar-refractivity contribution in [2.24, 2.45) is 0 Å². The molecule has 1 N–H and O–H groups in total. The number of carbonyl (C=O) groups excluding carboxylic acids is 1. The van der Waals surface area contributed by atoms with E-state index in [-0.39, 0.29) is 24.9 Å². The monoisotopic (exact) mass is 495 g/mol. The molecule has 180 valence electrons. The number of carbonyl (C=O) groups is 1. The fourth-order valence-corrected chi connectivity index (χ4v) is 5.94. The Bertz CT molecular complexity index is 1130. The van der Waals surface area contributed by atoms with Gasteiger partial charge >= 0.3 is 12.4 Å². The van der Waals surface area contributed by atoms with E-state index < -0.39 is 55.2 Å². The Balaban J connectivity index is 2.08. The number of nitrogens with one attached hydrogen (secondary N) is 1. The van der Waals surface area contributed by atoms with Crippen LogP contribution in [0.1, 0.15) is 36.5 Å².